The molecule has 0 aliphatic heterocycles. The SMILES string of the molecule is CC(=O)c1ccc(-c2noc(-c3cc4c(C)ccc(C)c4s3)n2)c(Cl)c1. The second-order valence-electron chi connectivity index (χ2n) is 6.23. The van der Waals surface area contributed by atoms with Crippen LogP contribution in [0.15, 0.2) is 40.9 Å². The van der Waals surface area contributed by atoms with Crippen LogP contribution in [0.2, 0.25) is 5.02 Å². The van der Waals surface area contributed by atoms with Gasteiger partial charge in [-0.05, 0) is 55.5 Å². The fourth-order valence-electron chi connectivity index (χ4n) is 2.85. The summed E-state index contributed by atoms with van der Waals surface area (Å²) >= 11 is 7.93. The van der Waals surface area contributed by atoms with Gasteiger partial charge in [0.15, 0.2) is 5.78 Å². The number of nitrogens with zero attached hydrogens (tertiary/aromatic N) is 2. The average Bonchev–Trinajstić information content (AvgIpc) is 3.25. The number of halogens is 1. The molecule has 0 fully saturated rings. The van der Waals surface area contributed by atoms with Gasteiger partial charge in [0.25, 0.3) is 5.89 Å². The average molecular weight is 383 g/mol. The summed E-state index contributed by atoms with van der Waals surface area (Å²) in [5.41, 5.74) is 3.64. The molecule has 2 aromatic heterocycles. The highest BCUT2D eigenvalue weighted by molar-refractivity contribution is 7.22. The van der Waals surface area contributed by atoms with Gasteiger partial charge in [-0.3, -0.25) is 4.79 Å². The molecule has 0 amide bonds. The highest BCUT2D eigenvalue weighted by Gasteiger charge is 2.17. The van der Waals surface area contributed by atoms with Crippen molar-refractivity contribution in [3.63, 3.8) is 0 Å². The van der Waals surface area contributed by atoms with E-state index in [1.165, 1.54) is 28.1 Å². The van der Waals surface area contributed by atoms with Gasteiger partial charge in [-0.1, -0.05) is 35.0 Å². The number of hydrogen-bond acceptors (Lipinski definition) is 5. The molecule has 6 heteroatoms. The molecular formula is C20H15ClN2O2S. The molecule has 4 nitrogen and oxygen atoms in total. The van der Waals surface area contributed by atoms with Crippen LogP contribution in [0.4, 0.5) is 0 Å². The molecule has 130 valence electrons. The first-order valence-electron chi connectivity index (χ1n) is 8.08. The van der Waals surface area contributed by atoms with E-state index in [4.69, 9.17) is 16.1 Å². The van der Waals surface area contributed by atoms with Crippen LogP contribution in [0.1, 0.15) is 28.4 Å². The second-order valence-corrected chi connectivity index (χ2v) is 7.69. The molecule has 0 aliphatic rings. The lowest BCUT2D eigenvalue weighted by molar-refractivity contribution is 0.101. The molecule has 0 bridgehead atoms. The molecule has 0 unspecified atom stereocenters. The van der Waals surface area contributed by atoms with E-state index >= 15 is 0 Å². The number of Topliss-reactive ketones (excluding diaryl/α,β-unsaturated/α-hetero) is 1. The summed E-state index contributed by atoms with van der Waals surface area (Å²) in [5, 5.41) is 5.69. The van der Waals surface area contributed by atoms with Crippen molar-refractivity contribution in [2.75, 3.05) is 0 Å². The maximum absolute atomic E-state index is 11.5. The molecule has 0 N–H and O–H groups in total. The third kappa shape index (κ3) is 2.83. The maximum Gasteiger partial charge on any atom is 0.268 e. The number of rotatable bonds is 3. The number of hydrogen-bond donors (Lipinski definition) is 0. The molecule has 0 saturated heterocycles. The number of aryl methyl sites for hydroxylation is 2. The van der Waals surface area contributed by atoms with Crippen LogP contribution in [-0.2, 0) is 0 Å². The standard InChI is InChI=1S/C20H15ClN2O2S/c1-10-4-5-11(2)18-15(10)9-17(26-18)20-22-19(23-25-20)14-7-6-13(12(3)24)8-16(14)21/h4-9H,1-3H3. The molecule has 26 heavy (non-hydrogen) atoms. The molecule has 0 radical (unpaired) electrons. The van der Waals surface area contributed by atoms with E-state index in [-0.39, 0.29) is 5.78 Å². The highest BCUT2D eigenvalue weighted by Crippen LogP contribution is 2.37. The summed E-state index contributed by atoms with van der Waals surface area (Å²) in [7, 11) is 0. The lowest BCUT2D eigenvalue weighted by atomic mass is 10.1. The topological polar surface area (TPSA) is 56.0 Å². The first kappa shape index (κ1) is 16.9. The Balaban J connectivity index is 1.76. The number of benzene rings is 2. The van der Waals surface area contributed by atoms with Crippen molar-refractivity contribution in [2.24, 2.45) is 0 Å². The summed E-state index contributed by atoms with van der Waals surface area (Å²) in [6.07, 6.45) is 0. The quantitative estimate of drug-likeness (QED) is 0.402. The highest BCUT2D eigenvalue weighted by atomic mass is 35.5. The van der Waals surface area contributed by atoms with Crippen LogP contribution < -0.4 is 0 Å². The first-order chi connectivity index (χ1) is 12.4. The number of thiophene rings is 1. The molecule has 0 aliphatic carbocycles. The van der Waals surface area contributed by atoms with Crippen molar-refractivity contribution in [3.8, 4) is 22.2 Å². The third-order valence-electron chi connectivity index (χ3n) is 4.35. The number of aromatic nitrogens is 2. The van der Waals surface area contributed by atoms with E-state index in [0.717, 1.165) is 4.88 Å². The summed E-state index contributed by atoms with van der Waals surface area (Å²) in [4.78, 5) is 16.9. The summed E-state index contributed by atoms with van der Waals surface area (Å²) in [6.45, 7) is 5.69. The number of carbonyl (C=O) groups is 1. The molecule has 0 saturated carbocycles. The van der Waals surface area contributed by atoms with Gasteiger partial charge in [-0.25, -0.2) is 0 Å². The van der Waals surface area contributed by atoms with Crippen molar-refractivity contribution in [1.29, 1.82) is 0 Å². The predicted octanol–water partition coefficient (Wildman–Crippen LogP) is 6.09. The summed E-state index contributed by atoms with van der Waals surface area (Å²) in [6, 6.07) is 11.4. The zero-order chi connectivity index (χ0) is 18.4. The Morgan fingerprint density at radius 2 is 1.88 bits per heavy atom. The molecule has 4 rings (SSSR count). The van der Waals surface area contributed by atoms with E-state index in [1.54, 1.807) is 29.5 Å². The maximum atomic E-state index is 11.5. The monoisotopic (exact) mass is 382 g/mol. The van der Waals surface area contributed by atoms with Gasteiger partial charge < -0.3 is 4.52 Å². The molecule has 2 heterocycles. The van der Waals surface area contributed by atoms with Crippen LogP contribution in [0, 0.1) is 13.8 Å². The van der Waals surface area contributed by atoms with Crippen LogP contribution in [-0.4, -0.2) is 15.9 Å². The first-order valence-corrected chi connectivity index (χ1v) is 9.28. The Bertz CT molecular complexity index is 1120. The van der Waals surface area contributed by atoms with Gasteiger partial charge in [0.1, 0.15) is 0 Å². The summed E-state index contributed by atoms with van der Waals surface area (Å²) < 4.78 is 6.70. The number of ketones is 1. The minimum Gasteiger partial charge on any atom is -0.333 e. The summed E-state index contributed by atoms with van der Waals surface area (Å²) in [5.74, 6) is 0.834. The minimum atomic E-state index is -0.0386. The second kappa shape index (κ2) is 6.34. The van der Waals surface area contributed by atoms with Crippen LogP contribution in [0.3, 0.4) is 0 Å². The van der Waals surface area contributed by atoms with Crippen LogP contribution in [0.5, 0.6) is 0 Å². The fraction of sp³-hybridized carbons (Fsp3) is 0.150. The van der Waals surface area contributed by atoms with E-state index in [0.29, 0.717) is 27.9 Å². The van der Waals surface area contributed by atoms with Crippen molar-refractivity contribution in [2.45, 2.75) is 20.8 Å². The lowest BCUT2D eigenvalue weighted by Crippen LogP contribution is -1.92. The minimum absolute atomic E-state index is 0.0386. The smallest absolute Gasteiger partial charge is 0.268 e. The number of carbonyl (C=O) groups excluding carboxylic acids is 1. The zero-order valence-electron chi connectivity index (χ0n) is 14.5. The van der Waals surface area contributed by atoms with Gasteiger partial charge in [-0.2, -0.15) is 4.98 Å². The third-order valence-corrected chi connectivity index (χ3v) is 5.92. The Kier molecular flexibility index (Phi) is 4.13. The van der Waals surface area contributed by atoms with E-state index in [2.05, 4.69) is 42.2 Å². The van der Waals surface area contributed by atoms with Crippen molar-refractivity contribution < 1.29 is 9.32 Å². The Hall–Kier alpha value is -2.50. The van der Waals surface area contributed by atoms with Gasteiger partial charge in [0.2, 0.25) is 5.82 Å². The molecule has 4 aromatic rings. The largest absolute Gasteiger partial charge is 0.333 e. The van der Waals surface area contributed by atoms with E-state index < -0.39 is 0 Å². The Morgan fingerprint density at radius 1 is 1.12 bits per heavy atom. The van der Waals surface area contributed by atoms with E-state index in [9.17, 15) is 4.79 Å². The zero-order valence-corrected chi connectivity index (χ0v) is 16.0. The molecule has 2 aromatic carbocycles. The van der Waals surface area contributed by atoms with Gasteiger partial charge in [-0.15, -0.1) is 11.3 Å². The van der Waals surface area contributed by atoms with Gasteiger partial charge in [0, 0.05) is 15.8 Å². The molecule has 0 spiro atoms. The van der Waals surface area contributed by atoms with Crippen LogP contribution >= 0.6 is 22.9 Å². The predicted molar refractivity (Wildman–Crippen MR) is 105 cm³/mol. The van der Waals surface area contributed by atoms with Crippen molar-refractivity contribution >= 4 is 38.8 Å². The van der Waals surface area contributed by atoms with Gasteiger partial charge in [0.05, 0.1) is 9.90 Å². The Morgan fingerprint density at radius 3 is 2.58 bits per heavy atom. The van der Waals surface area contributed by atoms with Gasteiger partial charge >= 0.3 is 0 Å². The number of fused-ring (bicyclic) bond motifs is 1. The lowest BCUT2D eigenvalue weighted by Gasteiger charge is -2.01. The van der Waals surface area contributed by atoms with Crippen molar-refractivity contribution in [3.05, 3.63) is 58.1 Å². The van der Waals surface area contributed by atoms with Crippen molar-refractivity contribution in [1.82, 2.24) is 10.1 Å². The molecular weight excluding hydrogens is 368 g/mol. The fourth-order valence-corrected chi connectivity index (χ4v) is 4.24. The van der Waals surface area contributed by atoms with E-state index in [1.807, 2.05) is 0 Å². The normalized spacial score (nSPS) is 11.2. The van der Waals surface area contributed by atoms with Crippen LogP contribution in [0.25, 0.3) is 32.2 Å². The Labute approximate surface area is 159 Å². The molecule has 0 atom stereocenters.